The zero-order chi connectivity index (χ0) is 15.8. The molecule has 1 aromatic rings. The van der Waals surface area contributed by atoms with Crippen molar-refractivity contribution in [2.45, 2.75) is 53.0 Å². The van der Waals surface area contributed by atoms with Crippen LogP contribution in [-0.4, -0.2) is 35.1 Å². The third-order valence-corrected chi connectivity index (χ3v) is 2.82. The zero-order valence-corrected chi connectivity index (χ0v) is 13.6. The summed E-state index contributed by atoms with van der Waals surface area (Å²) in [6, 6.07) is 1.37. The van der Waals surface area contributed by atoms with E-state index in [4.69, 9.17) is 4.74 Å². The second-order valence-corrected chi connectivity index (χ2v) is 5.20. The number of carbonyl (C=O) groups is 1. The molecule has 2 N–H and O–H groups in total. The lowest BCUT2D eigenvalue weighted by molar-refractivity contribution is -0.143. The van der Waals surface area contributed by atoms with Gasteiger partial charge in [0.15, 0.2) is 0 Å². The number of nitrogens with one attached hydrogen (secondary N) is 2. The molecule has 21 heavy (non-hydrogen) atoms. The number of carbonyl (C=O) groups excluding carboxylic acids is 1. The van der Waals surface area contributed by atoms with Crippen LogP contribution in [0.4, 0.5) is 11.6 Å². The molecule has 0 aliphatic rings. The first-order valence-electron chi connectivity index (χ1n) is 7.53. The standard InChI is InChI=1S/C15H26N4O2/c1-6-8-16-12-9-13(19-14(18-12)10(3)4)17-11(5)15(20)21-7-2/h9-11H,6-8H2,1-5H3,(H2,16,17,18,19). The summed E-state index contributed by atoms with van der Waals surface area (Å²) in [7, 11) is 0. The molecule has 0 fully saturated rings. The maximum Gasteiger partial charge on any atom is 0.328 e. The van der Waals surface area contributed by atoms with Crippen LogP contribution in [0.25, 0.3) is 0 Å². The summed E-state index contributed by atoms with van der Waals surface area (Å²) in [5, 5.41) is 6.32. The van der Waals surface area contributed by atoms with Gasteiger partial charge in [-0.15, -0.1) is 0 Å². The van der Waals surface area contributed by atoms with Crippen molar-refractivity contribution in [3.05, 3.63) is 11.9 Å². The van der Waals surface area contributed by atoms with Crippen LogP contribution in [0.5, 0.6) is 0 Å². The Kier molecular flexibility index (Phi) is 6.91. The highest BCUT2D eigenvalue weighted by atomic mass is 16.5. The molecule has 0 radical (unpaired) electrons. The molecule has 0 spiro atoms. The molecule has 1 atom stereocenters. The van der Waals surface area contributed by atoms with Gasteiger partial charge in [0.25, 0.3) is 0 Å². The Morgan fingerprint density at radius 2 is 1.90 bits per heavy atom. The number of rotatable bonds is 8. The van der Waals surface area contributed by atoms with Gasteiger partial charge in [0.1, 0.15) is 23.5 Å². The Balaban J connectivity index is 2.89. The largest absolute Gasteiger partial charge is 0.464 e. The summed E-state index contributed by atoms with van der Waals surface area (Å²) in [5.74, 6) is 2.08. The van der Waals surface area contributed by atoms with Crippen LogP contribution < -0.4 is 10.6 Å². The van der Waals surface area contributed by atoms with Gasteiger partial charge < -0.3 is 15.4 Å². The highest BCUT2D eigenvalue weighted by Gasteiger charge is 2.16. The lowest BCUT2D eigenvalue weighted by Gasteiger charge is -2.16. The van der Waals surface area contributed by atoms with E-state index < -0.39 is 6.04 Å². The van der Waals surface area contributed by atoms with Crippen LogP contribution in [0.1, 0.15) is 52.8 Å². The molecule has 0 bridgehead atoms. The Morgan fingerprint density at radius 3 is 2.48 bits per heavy atom. The van der Waals surface area contributed by atoms with E-state index >= 15 is 0 Å². The van der Waals surface area contributed by atoms with Gasteiger partial charge in [-0.2, -0.15) is 0 Å². The van der Waals surface area contributed by atoms with Crippen LogP contribution in [0.2, 0.25) is 0 Å². The van der Waals surface area contributed by atoms with E-state index in [1.54, 1.807) is 13.8 Å². The van der Waals surface area contributed by atoms with Gasteiger partial charge in [-0.3, -0.25) is 0 Å². The van der Waals surface area contributed by atoms with E-state index in [1.807, 2.05) is 19.9 Å². The van der Waals surface area contributed by atoms with Gasteiger partial charge in [0.05, 0.1) is 6.61 Å². The van der Waals surface area contributed by atoms with Gasteiger partial charge in [-0.25, -0.2) is 14.8 Å². The molecular weight excluding hydrogens is 268 g/mol. The van der Waals surface area contributed by atoms with Gasteiger partial charge in [0, 0.05) is 18.5 Å². The summed E-state index contributed by atoms with van der Waals surface area (Å²) in [6.07, 6.45) is 1.02. The average Bonchev–Trinajstić information content (AvgIpc) is 2.45. The second-order valence-electron chi connectivity index (χ2n) is 5.20. The van der Waals surface area contributed by atoms with E-state index in [0.717, 1.165) is 24.6 Å². The lowest BCUT2D eigenvalue weighted by Crippen LogP contribution is -2.28. The molecule has 118 valence electrons. The zero-order valence-electron chi connectivity index (χ0n) is 13.6. The Labute approximate surface area is 126 Å². The minimum atomic E-state index is -0.445. The van der Waals surface area contributed by atoms with Crippen molar-refractivity contribution in [2.24, 2.45) is 0 Å². The highest BCUT2D eigenvalue weighted by Crippen LogP contribution is 2.17. The fraction of sp³-hybridized carbons (Fsp3) is 0.667. The monoisotopic (exact) mass is 294 g/mol. The molecule has 0 aliphatic carbocycles. The molecule has 0 aliphatic heterocycles. The van der Waals surface area contributed by atoms with Gasteiger partial charge >= 0.3 is 5.97 Å². The normalized spacial score (nSPS) is 12.1. The number of ether oxygens (including phenoxy) is 1. The molecule has 1 heterocycles. The Bertz CT molecular complexity index is 463. The summed E-state index contributed by atoms with van der Waals surface area (Å²) < 4.78 is 4.99. The molecule has 1 unspecified atom stereocenters. The van der Waals surface area contributed by atoms with Crippen molar-refractivity contribution in [1.29, 1.82) is 0 Å². The van der Waals surface area contributed by atoms with Crippen LogP contribution >= 0.6 is 0 Å². The summed E-state index contributed by atoms with van der Waals surface area (Å²) in [4.78, 5) is 20.6. The fourth-order valence-electron chi connectivity index (χ4n) is 1.69. The van der Waals surface area contributed by atoms with Crippen LogP contribution in [0.3, 0.4) is 0 Å². The molecule has 1 rings (SSSR count). The van der Waals surface area contributed by atoms with Crippen molar-refractivity contribution >= 4 is 17.6 Å². The fourth-order valence-corrected chi connectivity index (χ4v) is 1.69. The van der Waals surface area contributed by atoms with Crippen molar-refractivity contribution in [3.8, 4) is 0 Å². The molecule has 0 aromatic carbocycles. The summed E-state index contributed by atoms with van der Waals surface area (Å²) in [5.41, 5.74) is 0. The molecule has 0 saturated heterocycles. The number of hydrogen-bond acceptors (Lipinski definition) is 6. The first kappa shape index (κ1) is 17.2. The maximum absolute atomic E-state index is 11.7. The number of anilines is 2. The predicted octanol–water partition coefficient (Wildman–Crippen LogP) is 2.79. The minimum Gasteiger partial charge on any atom is -0.464 e. The molecule has 0 saturated carbocycles. The number of aromatic nitrogens is 2. The number of hydrogen-bond donors (Lipinski definition) is 2. The number of esters is 1. The van der Waals surface area contributed by atoms with Gasteiger partial charge in [-0.05, 0) is 20.3 Å². The van der Waals surface area contributed by atoms with Crippen molar-refractivity contribution in [3.63, 3.8) is 0 Å². The van der Waals surface area contributed by atoms with Crippen molar-refractivity contribution in [2.75, 3.05) is 23.8 Å². The van der Waals surface area contributed by atoms with Crippen LogP contribution in [0, 0.1) is 0 Å². The molecule has 1 aromatic heterocycles. The van der Waals surface area contributed by atoms with E-state index in [9.17, 15) is 4.79 Å². The molecular formula is C15H26N4O2. The average molecular weight is 294 g/mol. The topological polar surface area (TPSA) is 76.1 Å². The summed E-state index contributed by atoms with van der Waals surface area (Å²) in [6.45, 7) is 10.9. The SMILES string of the molecule is CCCNc1cc(NC(C)C(=O)OCC)nc(C(C)C)n1. The quantitative estimate of drug-likeness (QED) is 0.718. The first-order chi connectivity index (χ1) is 9.97. The third-order valence-electron chi connectivity index (χ3n) is 2.82. The van der Waals surface area contributed by atoms with E-state index in [2.05, 4.69) is 27.5 Å². The first-order valence-corrected chi connectivity index (χ1v) is 7.53. The number of nitrogens with zero attached hydrogens (tertiary/aromatic N) is 2. The lowest BCUT2D eigenvalue weighted by atomic mass is 10.2. The smallest absolute Gasteiger partial charge is 0.328 e. The molecule has 6 nitrogen and oxygen atoms in total. The van der Waals surface area contributed by atoms with Gasteiger partial charge in [-0.1, -0.05) is 20.8 Å². The van der Waals surface area contributed by atoms with Crippen LogP contribution in [0.15, 0.2) is 6.07 Å². The Hall–Kier alpha value is -1.85. The predicted molar refractivity (Wildman–Crippen MR) is 84.6 cm³/mol. The minimum absolute atomic E-state index is 0.215. The Morgan fingerprint density at radius 1 is 1.24 bits per heavy atom. The van der Waals surface area contributed by atoms with Gasteiger partial charge in [0.2, 0.25) is 0 Å². The van der Waals surface area contributed by atoms with E-state index in [-0.39, 0.29) is 11.9 Å². The highest BCUT2D eigenvalue weighted by molar-refractivity contribution is 5.78. The summed E-state index contributed by atoms with van der Waals surface area (Å²) >= 11 is 0. The van der Waals surface area contributed by atoms with Crippen molar-refractivity contribution in [1.82, 2.24) is 9.97 Å². The van der Waals surface area contributed by atoms with Crippen molar-refractivity contribution < 1.29 is 9.53 Å². The second kappa shape index (κ2) is 8.44. The van der Waals surface area contributed by atoms with E-state index in [0.29, 0.717) is 12.4 Å². The maximum atomic E-state index is 11.7. The molecule has 0 amide bonds. The third kappa shape index (κ3) is 5.57. The van der Waals surface area contributed by atoms with Crippen LogP contribution in [-0.2, 0) is 9.53 Å². The van der Waals surface area contributed by atoms with E-state index in [1.165, 1.54) is 0 Å². The molecule has 6 heteroatoms.